The van der Waals surface area contributed by atoms with Gasteiger partial charge in [-0.2, -0.15) is 0 Å². The van der Waals surface area contributed by atoms with Crippen LogP contribution in [0.25, 0.3) is 0 Å². The molecule has 0 aromatic carbocycles. The van der Waals surface area contributed by atoms with Crippen molar-refractivity contribution in [1.82, 2.24) is 0 Å². The largest absolute Gasteiger partial charge is 0.437 e. The summed E-state index contributed by atoms with van der Waals surface area (Å²) in [5, 5.41) is 0. The minimum Gasteiger partial charge on any atom is -0.437 e. The second-order valence-electron chi connectivity index (χ2n) is 2.08. The van der Waals surface area contributed by atoms with Crippen LogP contribution in [0.3, 0.4) is 0 Å². The first-order chi connectivity index (χ1) is 3.62. The van der Waals surface area contributed by atoms with E-state index in [-0.39, 0.29) is 0 Å². The zero-order chi connectivity index (χ0) is 6.62. The monoisotopic (exact) mass is 148 g/mol. The standard InChI is InChI=1S/C4H12O2Si2/c1-4-8(2,3)6-7-5/h4-5H,1,7H2,2-3H3. The zero-order valence-electron chi connectivity index (χ0n) is 5.35. The first-order valence-corrected chi connectivity index (χ1v) is 6.70. The molecule has 0 heterocycles. The number of rotatable bonds is 3. The summed E-state index contributed by atoms with van der Waals surface area (Å²) in [6, 6.07) is 0. The maximum Gasteiger partial charge on any atom is 0.291 e. The molecule has 0 rings (SSSR count). The van der Waals surface area contributed by atoms with Gasteiger partial charge in [-0.05, 0) is 13.1 Å². The van der Waals surface area contributed by atoms with E-state index in [2.05, 4.69) is 6.58 Å². The second-order valence-corrected chi connectivity index (χ2v) is 7.11. The van der Waals surface area contributed by atoms with Crippen molar-refractivity contribution in [3.8, 4) is 0 Å². The van der Waals surface area contributed by atoms with Crippen molar-refractivity contribution in [3.05, 3.63) is 12.3 Å². The molecule has 0 saturated heterocycles. The smallest absolute Gasteiger partial charge is 0.291 e. The summed E-state index contributed by atoms with van der Waals surface area (Å²) in [4.78, 5) is 8.44. The quantitative estimate of drug-likeness (QED) is 0.568. The third-order valence-corrected chi connectivity index (χ3v) is 5.40. The van der Waals surface area contributed by atoms with Crippen molar-refractivity contribution in [2.75, 3.05) is 0 Å². The van der Waals surface area contributed by atoms with Crippen molar-refractivity contribution in [3.63, 3.8) is 0 Å². The summed E-state index contributed by atoms with van der Waals surface area (Å²) < 4.78 is 5.09. The van der Waals surface area contributed by atoms with Crippen LogP contribution in [0, 0.1) is 0 Å². The predicted molar refractivity (Wildman–Crippen MR) is 39.5 cm³/mol. The van der Waals surface area contributed by atoms with Crippen molar-refractivity contribution in [1.29, 1.82) is 0 Å². The molecule has 0 fully saturated rings. The van der Waals surface area contributed by atoms with Gasteiger partial charge in [-0.15, -0.1) is 6.58 Å². The Morgan fingerprint density at radius 3 is 2.38 bits per heavy atom. The van der Waals surface area contributed by atoms with E-state index in [0.717, 1.165) is 0 Å². The molecule has 1 N–H and O–H groups in total. The van der Waals surface area contributed by atoms with Gasteiger partial charge in [0.15, 0.2) is 8.32 Å². The van der Waals surface area contributed by atoms with Gasteiger partial charge in [0.05, 0.1) is 0 Å². The molecule has 0 bridgehead atoms. The highest BCUT2D eigenvalue weighted by atomic mass is 28.4. The Bertz CT molecular complexity index is 82.1. The van der Waals surface area contributed by atoms with E-state index < -0.39 is 18.3 Å². The van der Waals surface area contributed by atoms with E-state index >= 15 is 0 Å². The molecule has 0 atom stereocenters. The molecule has 0 radical (unpaired) electrons. The minimum absolute atomic E-state index is 1.21. The molecular weight excluding hydrogens is 136 g/mol. The Labute approximate surface area is 53.4 Å². The highest BCUT2D eigenvalue weighted by Crippen LogP contribution is 2.01. The van der Waals surface area contributed by atoms with Crippen LogP contribution < -0.4 is 0 Å². The van der Waals surface area contributed by atoms with E-state index in [1.165, 1.54) is 0 Å². The van der Waals surface area contributed by atoms with Crippen LogP contribution in [0.4, 0.5) is 0 Å². The maximum absolute atomic E-state index is 8.44. The van der Waals surface area contributed by atoms with Gasteiger partial charge in [-0.25, -0.2) is 0 Å². The van der Waals surface area contributed by atoms with Gasteiger partial charge in [0.25, 0.3) is 10.0 Å². The van der Waals surface area contributed by atoms with E-state index in [1.54, 1.807) is 0 Å². The average molecular weight is 148 g/mol. The second kappa shape index (κ2) is 3.19. The number of hydrogen-bond donors (Lipinski definition) is 1. The molecule has 4 heteroatoms. The van der Waals surface area contributed by atoms with Crippen LogP contribution in [0.1, 0.15) is 0 Å². The van der Waals surface area contributed by atoms with Crippen molar-refractivity contribution in [2.24, 2.45) is 0 Å². The lowest BCUT2D eigenvalue weighted by Crippen LogP contribution is -2.29. The van der Waals surface area contributed by atoms with Crippen LogP contribution in [0.5, 0.6) is 0 Å². The fraction of sp³-hybridized carbons (Fsp3) is 0.500. The molecule has 8 heavy (non-hydrogen) atoms. The van der Waals surface area contributed by atoms with E-state index in [0.29, 0.717) is 0 Å². The molecule has 0 aliphatic rings. The third kappa shape index (κ3) is 3.14. The Morgan fingerprint density at radius 2 is 2.25 bits per heavy atom. The van der Waals surface area contributed by atoms with Crippen LogP contribution in [0.15, 0.2) is 12.3 Å². The van der Waals surface area contributed by atoms with Gasteiger partial charge in [0.1, 0.15) is 0 Å². The molecule has 0 aromatic rings. The number of hydrogen-bond acceptors (Lipinski definition) is 2. The lowest BCUT2D eigenvalue weighted by atomic mass is 11.3. The summed E-state index contributed by atoms with van der Waals surface area (Å²) in [6.07, 6.45) is 0. The van der Waals surface area contributed by atoms with E-state index in [9.17, 15) is 0 Å². The zero-order valence-corrected chi connectivity index (χ0v) is 7.76. The van der Waals surface area contributed by atoms with Gasteiger partial charge >= 0.3 is 0 Å². The highest BCUT2D eigenvalue weighted by molar-refractivity contribution is 6.79. The summed E-state index contributed by atoms with van der Waals surface area (Å²) in [7, 11) is -2.81. The topological polar surface area (TPSA) is 29.5 Å². The first-order valence-electron chi connectivity index (χ1n) is 2.51. The molecule has 0 saturated carbocycles. The molecular formula is C4H12O2Si2. The van der Waals surface area contributed by atoms with Crippen LogP contribution in [-0.4, -0.2) is 23.1 Å². The average Bonchev–Trinajstić information content (AvgIpc) is 1.67. The Balaban J connectivity index is 3.53. The van der Waals surface area contributed by atoms with Crippen LogP contribution in [-0.2, 0) is 4.12 Å². The Morgan fingerprint density at radius 1 is 1.75 bits per heavy atom. The van der Waals surface area contributed by atoms with Gasteiger partial charge in [-0.1, -0.05) is 5.70 Å². The fourth-order valence-electron chi connectivity index (χ4n) is 0.225. The van der Waals surface area contributed by atoms with Gasteiger partial charge in [-0.3, -0.25) is 0 Å². The van der Waals surface area contributed by atoms with Crippen molar-refractivity contribution < 1.29 is 8.91 Å². The normalized spacial score (nSPS) is 12.9. The van der Waals surface area contributed by atoms with E-state index in [4.69, 9.17) is 8.91 Å². The highest BCUT2D eigenvalue weighted by Gasteiger charge is 2.15. The molecule has 0 aliphatic heterocycles. The predicted octanol–water partition coefficient (Wildman–Crippen LogP) is -0.0756. The molecule has 0 amide bonds. The lowest BCUT2D eigenvalue weighted by molar-refractivity contribution is 0.455. The molecule has 0 unspecified atom stereocenters. The summed E-state index contributed by atoms with van der Waals surface area (Å²) in [5.41, 5.74) is 1.82. The van der Waals surface area contributed by atoms with Gasteiger partial charge < -0.3 is 8.91 Å². The molecule has 48 valence electrons. The SMILES string of the molecule is C=C[Si](C)(C)O[SiH2]O. The maximum atomic E-state index is 8.44. The Hall–Kier alpha value is 0.0938. The fourth-order valence-corrected chi connectivity index (χ4v) is 2.03. The van der Waals surface area contributed by atoms with Gasteiger partial charge in [0, 0.05) is 0 Å². The van der Waals surface area contributed by atoms with E-state index in [1.807, 2.05) is 18.8 Å². The minimum atomic E-state index is -1.60. The third-order valence-electron chi connectivity index (χ3n) is 0.928. The lowest BCUT2D eigenvalue weighted by Gasteiger charge is -2.15. The van der Waals surface area contributed by atoms with Gasteiger partial charge in [0.2, 0.25) is 0 Å². The summed E-state index contributed by atoms with van der Waals surface area (Å²) in [5.74, 6) is 0. The van der Waals surface area contributed by atoms with Crippen LogP contribution >= 0.6 is 0 Å². The molecule has 0 aromatic heterocycles. The summed E-state index contributed by atoms with van der Waals surface area (Å²) in [6.45, 7) is 7.61. The van der Waals surface area contributed by atoms with Crippen molar-refractivity contribution in [2.45, 2.75) is 13.1 Å². The first kappa shape index (κ1) is 8.09. The van der Waals surface area contributed by atoms with Crippen LogP contribution in [0.2, 0.25) is 13.1 Å². The molecule has 0 spiro atoms. The van der Waals surface area contributed by atoms with Crippen molar-refractivity contribution >= 4 is 18.3 Å². The summed E-state index contributed by atoms with van der Waals surface area (Å²) >= 11 is 0. The Kier molecular flexibility index (Phi) is 3.22. The molecule has 2 nitrogen and oxygen atoms in total. The molecule has 0 aliphatic carbocycles.